The van der Waals surface area contributed by atoms with Gasteiger partial charge in [-0.1, -0.05) is 62.1 Å². The molecule has 0 amide bonds. The van der Waals surface area contributed by atoms with Gasteiger partial charge >= 0.3 is 5.97 Å². The first-order chi connectivity index (χ1) is 11.3. The molecule has 0 bridgehead atoms. The molecule has 0 saturated carbocycles. The summed E-state index contributed by atoms with van der Waals surface area (Å²) in [6.07, 6.45) is 16.6. The summed E-state index contributed by atoms with van der Waals surface area (Å²) in [5.74, 6) is 0.0476. The van der Waals surface area contributed by atoms with E-state index >= 15 is 0 Å². The van der Waals surface area contributed by atoms with Gasteiger partial charge in [0.1, 0.15) is 0 Å². The lowest BCUT2D eigenvalue weighted by atomic mass is 9.84. The van der Waals surface area contributed by atoms with E-state index < -0.39 is 5.97 Å². The van der Waals surface area contributed by atoms with Crippen molar-refractivity contribution in [3.63, 3.8) is 0 Å². The minimum Gasteiger partial charge on any atom is -0.481 e. The first-order valence-electron chi connectivity index (χ1n) is 9.22. The van der Waals surface area contributed by atoms with Crippen molar-refractivity contribution in [3.8, 4) is 0 Å². The minimum atomic E-state index is -0.667. The zero-order valence-electron chi connectivity index (χ0n) is 14.2. The Morgan fingerprint density at radius 3 is 2.48 bits per heavy atom. The largest absolute Gasteiger partial charge is 0.481 e. The molecule has 2 nitrogen and oxygen atoms in total. The first kappa shape index (κ1) is 17.8. The quantitative estimate of drug-likeness (QED) is 0.433. The van der Waals surface area contributed by atoms with Gasteiger partial charge in [0, 0.05) is 6.42 Å². The molecule has 0 aromatic heterocycles. The number of carboxylic acid groups (broad SMARTS) is 1. The number of carbonyl (C=O) groups is 1. The van der Waals surface area contributed by atoms with E-state index in [1.165, 1.54) is 51.4 Å². The summed E-state index contributed by atoms with van der Waals surface area (Å²) in [6, 6.07) is 8.98. The van der Waals surface area contributed by atoms with Gasteiger partial charge in [0.05, 0.1) is 0 Å². The van der Waals surface area contributed by atoms with Gasteiger partial charge in [-0.3, -0.25) is 4.79 Å². The maximum atomic E-state index is 10.4. The standard InChI is InChI=1S/C21H30O2/c22-21(23)17-9-4-2-1-3-6-12-19-15-10-11-16-20(19)18-13-7-5-8-14-18/h5,7,10-11,15-16,18H,1-4,6,8-9,12-14,17H2,(H,22,23). The number of aliphatic carboxylic acids is 1. The van der Waals surface area contributed by atoms with E-state index in [0.29, 0.717) is 12.3 Å². The Morgan fingerprint density at radius 1 is 1.00 bits per heavy atom. The Labute approximate surface area is 140 Å². The highest BCUT2D eigenvalue weighted by atomic mass is 16.4. The van der Waals surface area contributed by atoms with Crippen molar-refractivity contribution >= 4 is 5.97 Å². The fourth-order valence-corrected chi connectivity index (χ4v) is 3.53. The Bertz CT molecular complexity index is 504. The van der Waals surface area contributed by atoms with Crippen LogP contribution in [0, 0.1) is 0 Å². The molecule has 0 saturated heterocycles. The number of aryl methyl sites for hydroxylation is 1. The Hall–Kier alpha value is -1.57. The van der Waals surface area contributed by atoms with E-state index in [-0.39, 0.29) is 0 Å². The molecular weight excluding hydrogens is 284 g/mol. The Kier molecular flexibility index (Phi) is 7.92. The number of carboxylic acids is 1. The van der Waals surface area contributed by atoms with Crippen molar-refractivity contribution in [3.05, 3.63) is 47.5 Å². The van der Waals surface area contributed by atoms with Crippen LogP contribution >= 0.6 is 0 Å². The third kappa shape index (κ3) is 6.60. The fraction of sp³-hybridized carbons (Fsp3) is 0.571. The molecule has 126 valence electrons. The highest BCUT2D eigenvalue weighted by Gasteiger charge is 2.15. The molecule has 1 aromatic rings. The van der Waals surface area contributed by atoms with Crippen LogP contribution in [0.25, 0.3) is 0 Å². The molecule has 0 spiro atoms. The van der Waals surface area contributed by atoms with E-state index in [1.54, 1.807) is 11.1 Å². The summed E-state index contributed by atoms with van der Waals surface area (Å²) >= 11 is 0. The third-order valence-electron chi connectivity index (χ3n) is 4.85. The maximum Gasteiger partial charge on any atom is 0.303 e. The van der Waals surface area contributed by atoms with Gasteiger partial charge in [-0.05, 0) is 55.6 Å². The highest BCUT2D eigenvalue weighted by molar-refractivity contribution is 5.66. The lowest BCUT2D eigenvalue weighted by Gasteiger charge is -2.21. The SMILES string of the molecule is O=C(O)CCCCCCCCc1ccccc1C1CC=CCC1. The zero-order valence-corrected chi connectivity index (χ0v) is 14.2. The van der Waals surface area contributed by atoms with E-state index in [4.69, 9.17) is 5.11 Å². The van der Waals surface area contributed by atoms with Gasteiger partial charge < -0.3 is 5.11 Å². The summed E-state index contributed by atoms with van der Waals surface area (Å²) in [7, 11) is 0. The molecule has 1 atom stereocenters. The maximum absolute atomic E-state index is 10.4. The normalized spacial score (nSPS) is 17.3. The lowest BCUT2D eigenvalue weighted by molar-refractivity contribution is -0.137. The number of benzene rings is 1. The number of unbranched alkanes of at least 4 members (excludes halogenated alkanes) is 5. The highest BCUT2D eigenvalue weighted by Crippen LogP contribution is 2.31. The van der Waals surface area contributed by atoms with Gasteiger partial charge in [-0.25, -0.2) is 0 Å². The molecular formula is C21H30O2. The summed E-state index contributed by atoms with van der Waals surface area (Å²) in [6.45, 7) is 0. The first-order valence-corrected chi connectivity index (χ1v) is 9.22. The van der Waals surface area contributed by atoms with Crippen LogP contribution in [-0.2, 0) is 11.2 Å². The molecule has 2 heteroatoms. The van der Waals surface area contributed by atoms with Crippen molar-refractivity contribution in [1.82, 2.24) is 0 Å². The molecule has 1 aliphatic carbocycles. The molecule has 0 radical (unpaired) electrons. The smallest absolute Gasteiger partial charge is 0.303 e. The van der Waals surface area contributed by atoms with Crippen LogP contribution in [0.4, 0.5) is 0 Å². The molecule has 1 unspecified atom stereocenters. The van der Waals surface area contributed by atoms with Crippen LogP contribution in [0.3, 0.4) is 0 Å². The second-order valence-corrected chi connectivity index (χ2v) is 6.70. The molecule has 0 aliphatic heterocycles. The van der Waals surface area contributed by atoms with Crippen molar-refractivity contribution in [2.24, 2.45) is 0 Å². The minimum absolute atomic E-state index is 0.323. The van der Waals surface area contributed by atoms with Crippen molar-refractivity contribution in [1.29, 1.82) is 0 Å². The molecule has 0 fully saturated rings. The summed E-state index contributed by atoms with van der Waals surface area (Å²) in [5.41, 5.74) is 3.11. The predicted molar refractivity (Wildman–Crippen MR) is 95.8 cm³/mol. The molecule has 2 rings (SSSR count). The van der Waals surface area contributed by atoms with Crippen LogP contribution in [0.5, 0.6) is 0 Å². The number of allylic oxidation sites excluding steroid dienone is 2. The second-order valence-electron chi connectivity index (χ2n) is 6.70. The average molecular weight is 314 g/mol. The van der Waals surface area contributed by atoms with Gasteiger partial charge in [-0.15, -0.1) is 0 Å². The molecule has 1 aliphatic rings. The second kappa shape index (κ2) is 10.3. The fourth-order valence-electron chi connectivity index (χ4n) is 3.53. The Balaban J connectivity index is 1.67. The molecule has 23 heavy (non-hydrogen) atoms. The topological polar surface area (TPSA) is 37.3 Å². The van der Waals surface area contributed by atoms with Crippen molar-refractivity contribution in [2.75, 3.05) is 0 Å². The van der Waals surface area contributed by atoms with E-state index in [1.807, 2.05) is 0 Å². The van der Waals surface area contributed by atoms with Gasteiger partial charge in [0.25, 0.3) is 0 Å². The van der Waals surface area contributed by atoms with Crippen LogP contribution in [-0.4, -0.2) is 11.1 Å². The number of hydrogen-bond acceptors (Lipinski definition) is 1. The average Bonchev–Trinajstić information content (AvgIpc) is 2.58. The molecule has 1 aromatic carbocycles. The molecule has 0 heterocycles. The van der Waals surface area contributed by atoms with E-state index in [9.17, 15) is 4.79 Å². The van der Waals surface area contributed by atoms with Gasteiger partial charge in [-0.2, -0.15) is 0 Å². The van der Waals surface area contributed by atoms with Crippen LogP contribution in [0.2, 0.25) is 0 Å². The molecule has 1 N–H and O–H groups in total. The summed E-state index contributed by atoms with van der Waals surface area (Å²) < 4.78 is 0. The Morgan fingerprint density at radius 2 is 1.74 bits per heavy atom. The van der Waals surface area contributed by atoms with E-state index in [0.717, 1.165) is 12.8 Å². The van der Waals surface area contributed by atoms with Crippen LogP contribution < -0.4 is 0 Å². The number of hydrogen-bond donors (Lipinski definition) is 1. The third-order valence-corrected chi connectivity index (χ3v) is 4.85. The van der Waals surface area contributed by atoms with Crippen molar-refractivity contribution < 1.29 is 9.90 Å². The zero-order chi connectivity index (χ0) is 16.3. The van der Waals surface area contributed by atoms with Crippen LogP contribution in [0.1, 0.15) is 81.3 Å². The monoisotopic (exact) mass is 314 g/mol. The van der Waals surface area contributed by atoms with Crippen molar-refractivity contribution in [2.45, 2.75) is 76.5 Å². The lowest BCUT2D eigenvalue weighted by Crippen LogP contribution is -2.04. The number of rotatable bonds is 10. The van der Waals surface area contributed by atoms with Gasteiger partial charge in [0.2, 0.25) is 0 Å². The van der Waals surface area contributed by atoms with E-state index in [2.05, 4.69) is 36.4 Å². The summed E-state index contributed by atoms with van der Waals surface area (Å²) in [4.78, 5) is 10.4. The predicted octanol–water partition coefficient (Wildman–Crippen LogP) is 5.87. The summed E-state index contributed by atoms with van der Waals surface area (Å²) in [5, 5.41) is 8.61. The van der Waals surface area contributed by atoms with Crippen LogP contribution in [0.15, 0.2) is 36.4 Å². The van der Waals surface area contributed by atoms with Gasteiger partial charge in [0.15, 0.2) is 0 Å².